The second-order valence-electron chi connectivity index (χ2n) is 2.86. The zero-order valence-electron chi connectivity index (χ0n) is 11.7. The van der Waals surface area contributed by atoms with Crippen molar-refractivity contribution in [3.8, 4) is 0 Å². The lowest BCUT2D eigenvalue weighted by Crippen LogP contribution is -2.42. The minimum Gasteiger partial charge on any atom is -0.377 e. The maximum Gasteiger partial charge on any atom is 0.500 e. The molecule has 0 aliphatic carbocycles. The summed E-state index contributed by atoms with van der Waals surface area (Å²) in [5.74, 6) is 0. The van der Waals surface area contributed by atoms with E-state index in [1.165, 1.54) is 0 Å². The van der Waals surface area contributed by atoms with E-state index in [2.05, 4.69) is 20.1 Å². The summed E-state index contributed by atoms with van der Waals surface area (Å²) in [6, 6.07) is 0.885. The van der Waals surface area contributed by atoms with Crippen molar-refractivity contribution in [3.63, 3.8) is 0 Å². The minimum absolute atomic E-state index is 0.885. The molecule has 0 saturated carbocycles. The summed E-state index contributed by atoms with van der Waals surface area (Å²) in [6.07, 6.45) is 4.53. The molecule has 0 bridgehead atoms. The maximum absolute atomic E-state index is 5.17. The summed E-state index contributed by atoms with van der Waals surface area (Å²) in [5, 5.41) is 0. The van der Waals surface area contributed by atoms with Crippen LogP contribution < -0.4 is 0 Å². The van der Waals surface area contributed by atoms with E-state index in [-0.39, 0.29) is 0 Å². The Morgan fingerprint density at radius 1 is 0.938 bits per heavy atom. The van der Waals surface area contributed by atoms with Crippen LogP contribution in [-0.2, 0) is 13.3 Å². The summed E-state index contributed by atoms with van der Waals surface area (Å²) in [6.45, 7) is 12.6. The van der Waals surface area contributed by atoms with Gasteiger partial charge in [-0.1, -0.05) is 25.5 Å². The molecule has 0 heterocycles. The standard InChI is InChI=1S/C6H16O3Si.2C3H6/c1-5-6-10(7-2,8-3)9-4;2*1-3-2/h5-6H2,1-4H3;2*3H,1H2,2H3. The van der Waals surface area contributed by atoms with Crippen molar-refractivity contribution in [2.75, 3.05) is 21.3 Å². The normalized spacial score (nSPS) is 9.12. The second kappa shape index (κ2) is 17.0. The Morgan fingerprint density at radius 3 is 1.25 bits per heavy atom. The van der Waals surface area contributed by atoms with Crippen molar-refractivity contribution in [1.82, 2.24) is 0 Å². The monoisotopic (exact) mass is 248 g/mol. The average molecular weight is 248 g/mol. The summed E-state index contributed by atoms with van der Waals surface area (Å²) in [7, 11) is 2.68. The summed E-state index contributed by atoms with van der Waals surface area (Å²) in [5.41, 5.74) is 0. The van der Waals surface area contributed by atoms with Gasteiger partial charge in [-0.2, -0.15) is 0 Å². The molecule has 0 aliphatic rings. The Hall–Kier alpha value is -0.423. The van der Waals surface area contributed by atoms with Crippen LogP contribution in [0.25, 0.3) is 0 Å². The highest BCUT2D eigenvalue weighted by molar-refractivity contribution is 6.60. The Kier molecular flexibility index (Phi) is 22.2. The molecule has 0 aromatic heterocycles. The molecule has 0 unspecified atom stereocenters. The first-order valence-corrected chi connectivity index (χ1v) is 7.30. The third-order valence-electron chi connectivity index (χ3n) is 1.49. The molecular formula is C12H28O3Si. The van der Waals surface area contributed by atoms with E-state index >= 15 is 0 Å². The fourth-order valence-corrected chi connectivity index (χ4v) is 2.59. The van der Waals surface area contributed by atoms with Gasteiger partial charge in [-0.25, -0.2) is 0 Å². The van der Waals surface area contributed by atoms with E-state index in [9.17, 15) is 0 Å². The molecule has 0 radical (unpaired) electrons. The topological polar surface area (TPSA) is 27.7 Å². The van der Waals surface area contributed by atoms with E-state index in [0.29, 0.717) is 0 Å². The van der Waals surface area contributed by atoms with Gasteiger partial charge in [-0.15, -0.1) is 13.2 Å². The third-order valence-corrected chi connectivity index (χ3v) is 4.47. The number of rotatable bonds is 5. The largest absolute Gasteiger partial charge is 0.500 e. The van der Waals surface area contributed by atoms with Crippen LogP contribution in [0.3, 0.4) is 0 Å². The molecule has 0 aromatic carbocycles. The van der Waals surface area contributed by atoms with Crippen molar-refractivity contribution in [1.29, 1.82) is 0 Å². The Bertz CT molecular complexity index is 131. The molecule has 0 saturated heterocycles. The van der Waals surface area contributed by atoms with Gasteiger partial charge < -0.3 is 13.3 Å². The van der Waals surface area contributed by atoms with Gasteiger partial charge in [-0.3, -0.25) is 0 Å². The Labute approximate surface area is 102 Å². The summed E-state index contributed by atoms with van der Waals surface area (Å²) in [4.78, 5) is 0. The lowest BCUT2D eigenvalue weighted by atomic mass is 10.6. The minimum atomic E-state index is -2.22. The van der Waals surface area contributed by atoms with Crippen molar-refractivity contribution in [2.45, 2.75) is 33.2 Å². The highest BCUT2D eigenvalue weighted by atomic mass is 28.4. The zero-order chi connectivity index (χ0) is 13.4. The summed E-state index contributed by atoms with van der Waals surface area (Å²) < 4.78 is 15.5. The molecule has 3 nitrogen and oxygen atoms in total. The van der Waals surface area contributed by atoms with Gasteiger partial charge in [0.05, 0.1) is 0 Å². The molecule has 0 rings (SSSR count). The molecule has 0 N–H and O–H groups in total. The molecule has 0 amide bonds. The van der Waals surface area contributed by atoms with Gasteiger partial charge in [0, 0.05) is 27.4 Å². The predicted molar refractivity (Wildman–Crippen MR) is 73.6 cm³/mol. The lowest BCUT2D eigenvalue weighted by Gasteiger charge is -2.23. The first kappa shape index (κ1) is 20.9. The quantitative estimate of drug-likeness (QED) is 0.549. The molecule has 0 spiro atoms. The van der Waals surface area contributed by atoms with Crippen LogP contribution in [0.15, 0.2) is 25.3 Å². The van der Waals surface area contributed by atoms with E-state index in [1.807, 2.05) is 13.8 Å². The van der Waals surface area contributed by atoms with Gasteiger partial charge >= 0.3 is 8.80 Å². The van der Waals surface area contributed by atoms with Crippen LogP contribution in [0.5, 0.6) is 0 Å². The van der Waals surface area contributed by atoms with Crippen molar-refractivity contribution < 1.29 is 13.3 Å². The SMILES string of the molecule is C=CC.C=CC.CCC[Si](OC)(OC)OC. The van der Waals surface area contributed by atoms with E-state index in [4.69, 9.17) is 13.3 Å². The van der Waals surface area contributed by atoms with E-state index < -0.39 is 8.80 Å². The van der Waals surface area contributed by atoms with Crippen LogP contribution in [-0.4, -0.2) is 30.1 Å². The first-order chi connectivity index (χ1) is 7.57. The maximum atomic E-state index is 5.17. The molecule has 0 aliphatic heterocycles. The van der Waals surface area contributed by atoms with Crippen LogP contribution in [0.2, 0.25) is 6.04 Å². The molecule has 0 fully saturated rings. The third kappa shape index (κ3) is 13.6. The van der Waals surface area contributed by atoms with Gasteiger partial charge in [-0.05, 0) is 13.8 Å². The highest BCUT2D eigenvalue weighted by Gasteiger charge is 2.36. The summed E-state index contributed by atoms with van der Waals surface area (Å²) >= 11 is 0. The fourth-order valence-electron chi connectivity index (χ4n) is 0.862. The van der Waals surface area contributed by atoms with Crippen LogP contribution >= 0.6 is 0 Å². The van der Waals surface area contributed by atoms with Gasteiger partial charge in [0.2, 0.25) is 0 Å². The lowest BCUT2D eigenvalue weighted by molar-refractivity contribution is 0.123. The van der Waals surface area contributed by atoms with Crippen molar-refractivity contribution in [3.05, 3.63) is 25.3 Å². The van der Waals surface area contributed by atoms with Crippen molar-refractivity contribution in [2.24, 2.45) is 0 Å². The number of hydrogen-bond donors (Lipinski definition) is 0. The van der Waals surface area contributed by atoms with Gasteiger partial charge in [0.1, 0.15) is 0 Å². The van der Waals surface area contributed by atoms with Crippen LogP contribution in [0.4, 0.5) is 0 Å². The average Bonchev–Trinajstić information content (AvgIpc) is 2.28. The molecule has 0 aromatic rings. The van der Waals surface area contributed by atoms with Crippen LogP contribution in [0, 0.1) is 0 Å². The molecule has 98 valence electrons. The van der Waals surface area contributed by atoms with Crippen molar-refractivity contribution >= 4 is 8.80 Å². The van der Waals surface area contributed by atoms with Crippen LogP contribution in [0.1, 0.15) is 27.2 Å². The zero-order valence-corrected chi connectivity index (χ0v) is 12.7. The predicted octanol–water partition coefficient (Wildman–Crippen LogP) is 3.66. The Morgan fingerprint density at radius 2 is 1.19 bits per heavy atom. The molecular weight excluding hydrogens is 220 g/mol. The second-order valence-corrected chi connectivity index (χ2v) is 5.95. The Balaban J connectivity index is -0.000000235. The smallest absolute Gasteiger partial charge is 0.377 e. The van der Waals surface area contributed by atoms with Gasteiger partial charge in [0.25, 0.3) is 0 Å². The molecule has 4 heteroatoms. The highest BCUT2D eigenvalue weighted by Crippen LogP contribution is 2.13. The molecule has 0 atom stereocenters. The molecule has 16 heavy (non-hydrogen) atoms. The number of hydrogen-bond acceptors (Lipinski definition) is 3. The van der Waals surface area contributed by atoms with E-state index in [0.717, 1.165) is 12.5 Å². The first-order valence-electron chi connectivity index (χ1n) is 5.37. The number of allylic oxidation sites excluding steroid dienone is 2. The van der Waals surface area contributed by atoms with E-state index in [1.54, 1.807) is 33.5 Å². The fraction of sp³-hybridized carbons (Fsp3) is 0.667. The van der Waals surface area contributed by atoms with Gasteiger partial charge in [0.15, 0.2) is 0 Å².